The Bertz CT molecular complexity index is 788. The first kappa shape index (κ1) is 14.9. The van der Waals surface area contributed by atoms with Crippen LogP contribution in [-0.2, 0) is 6.18 Å². The lowest BCUT2D eigenvalue weighted by Crippen LogP contribution is -2.07. The molecule has 0 atom stereocenters. The van der Waals surface area contributed by atoms with Crippen LogP contribution in [0.15, 0.2) is 64.9 Å². The van der Waals surface area contributed by atoms with Gasteiger partial charge in [-0.2, -0.15) is 13.2 Å². The third-order valence-corrected chi connectivity index (χ3v) is 4.47. The molecule has 2 aromatic rings. The van der Waals surface area contributed by atoms with E-state index in [4.69, 9.17) is 0 Å². The van der Waals surface area contributed by atoms with Gasteiger partial charge < -0.3 is 0 Å². The van der Waals surface area contributed by atoms with E-state index >= 15 is 0 Å². The van der Waals surface area contributed by atoms with Crippen LogP contribution < -0.4 is 0 Å². The zero-order valence-electron chi connectivity index (χ0n) is 11.2. The molecule has 2 aromatic carbocycles. The zero-order chi connectivity index (χ0) is 15.9. The molecule has 1 aliphatic rings. The Kier molecular flexibility index (Phi) is 3.60. The third-order valence-electron chi connectivity index (χ3n) is 3.34. The van der Waals surface area contributed by atoms with Crippen molar-refractivity contribution in [1.82, 2.24) is 0 Å². The van der Waals surface area contributed by atoms with Crippen LogP contribution in [0.5, 0.6) is 0 Å². The molecule has 0 radical (unpaired) electrons. The number of benzene rings is 2. The fraction of sp³-hybridized carbons (Fsp3) is 0.0588. The highest BCUT2D eigenvalue weighted by atomic mass is 32.2. The Hall–Kier alpha value is -2.01. The maximum atomic E-state index is 13.4. The van der Waals surface area contributed by atoms with Crippen LogP contribution in [0.3, 0.4) is 0 Å². The lowest BCUT2D eigenvalue weighted by Gasteiger charge is -2.23. The molecule has 0 unspecified atom stereocenters. The van der Waals surface area contributed by atoms with Gasteiger partial charge in [-0.1, -0.05) is 36.6 Å². The predicted octanol–water partition coefficient (Wildman–Crippen LogP) is 5.93. The molecule has 22 heavy (non-hydrogen) atoms. The van der Waals surface area contributed by atoms with Crippen molar-refractivity contribution in [2.75, 3.05) is 0 Å². The van der Waals surface area contributed by atoms with Crippen molar-refractivity contribution < 1.29 is 17.6 Å². The first-order valence-electron chi connectivity index (χ1n) is 6.42. The van der Waals surface area contributed by atoms with Gasteiger partial charge in [0.2, 0.25) is 0 Å². The predicted molar refractivity (Wildman–Crippen MR) is 79.2 cm³/mol. The van der Waals surface area contributed by atoms with Crippen LogP contribution >= 0.6 is 11.8 Å². The Morgan fingerprint density at radius 2 is 1.73 bits per heavy atom. The summed E-state index contributed by atoms with van der Waals surface area (Å²) in [6, 6.07) is 7.86. The first-order valence-corrected chi connectivity index (χ1v) is 7.24. The number of halogens is 4. The molecule has 0 saturated carbocycles. The molecular formula is C17H10F4S. The average molecular weight is 322 g/mol. The van der Waals surface area contributed by atoms with E-state index in [0.29, 0.717) is 26.5 Å². The van der Waals surface area contributed by atoms with Gasteiger partial charge in [0.1, 0.15) is 5.82 Å². The van der Waals surface area contributed by atoms with E-state index in [2.05, 4.69) is 6.58 Å². The van der Waals surface area contributed by atoms with Crippen molar-refractivity contribution in [2.24, 2.45) is 0 Å². The minimum Gasteiger partial charge on any atom is -0.207 e. The van der Waals surface area contributed by atoms with Crippen molar-refractivity contribution >= 4 is 17.3 Å². The molecule has 0 nitrogen and oxygen atoms in total. The van der Waals surface area contributed by atoms with Crippen LogP contribution in [-0.4, -0.2) is 0 Å². The highest BCUT2D eigenvalue weighted by molar-refractivity contribution is 7.99. The summed E-state index contributed by atoms with van der Waals surface area (Å²) in [5.41, 5.74) is 1.11. The molecule has 0 aliphatic carbocycles. The summed E-state index contributed by atoms with van der Waals surface area (Å²) in [6.07, 6.45) is -1.24. The second-order valence-corrected chi connectivity index (χ2v) is 5.85. The fourth-order valence-corrected chi connectivity index (χ4v) is 3.48. The second kappa shape index (κ2) is 5.32. The Balaban J connectivity index is 2.22. The Morgan fingerprint density at radius 1 is 0.955 bits per heavy atom. The number of alkyl halides is 3. The summed E-state index contributed by atoms with van der Waals surface area (Å²) in [4.78, 5) is 1.35. The minimum absolute atomic E-state index is 0.375. The van der Waals surface area contributed by atoms with Crippen LogP contribution in [0.2, 0.25) is 0 Å². The van der Waals surface area contributed by atoms with Gasteiger partial charge in [0.15, 0.2) is 0 Å². The molecule has 1 aliphatic heterocycles. The standard InChI is InChI=1S/C17H10F4S/c1-2-3-12-13-6-5-11(18)9-16(13)22-15-7-4-10(8-14(12)15)17(19,20)21/h2-9H,1H2/b12-3-. The lowest BCUT2D eigenvalue weighted by atomic mass is 9.95. The fourth-order valence-electron chi connectivity index (χ4n) is 2.37. The molecule has 0 fully saturated rings. The number of hydrogen-bond donors (Lipinski definition) is 0. The highest BCUT2D eigenvalue weighted by Gasteiger charge is 2.32. The van der Waals surface area contributed by atoms with E-state index in [0.717, 1.165) is 12.1 Å². The van der Waals surface area contributed by atoms with Crippen molar-refractivity contribution in [1.29, 1.82) is 0 Å². The third kappa shape index (κ3) is 2.57. The molecule has 112 valence electrons. The minimum atomic E-state index is -4.40. The molecule has 1 heterocycles. The van der Waals surface area contributed by atoms with Crippen LogP contribution in [0.1, 0.15) is 16.7 Å². The molecular weight excluding hydrogens is 312 g/mol. The van der Waals surface area contributed by atoms with Gasteiger partial charge >= 0.3 is 6.18 Å². The van der Waals surface area contributed by atoms with Crippen molar-refractivity contribution in [3.05, 3.63) is 77.6 Å². The first-order chi connectivity index (χ1) is 10.4. The molecule has 0 bridgehead atoms. The maximum Gasteiger partial charge on any atom is 0.416 e. The second-order valence-electron chi connectivity index (χ2n) is 4.77. The molecule has 0 aromatic heterocycles. The van der Waals surface area contributed by atoms with E-state index < -0.39 is 11.7 Å². The molecule has 0 spiro atoms. The lowest BCUT2D eigenvalue weighted by molar-refractivity contribution is -0.137. The van der Waals surface area contributed by atoms with Crippen molar-refractivity contribution in [3.63, 3.8) is 0 Å². The Morgan fingerprint density at radius 3 is 2.41 bits per heavy atom. The summed E-state index contributed by atoms with van der Waals surface area (Å²) in [7, 11) is 0. The van der Waals surface area contributed by atoms with E-state index in [1.54, 1.807) is 12.1 Å². The van der Waals surface area contributed by atoms with Crippen molar-refractivity contribution in [3.8, 4) is 0 Å². The normalized spacial score (nSPS) is 15.4. The smallest absolute Gasteiger partial charge is 0.207 e. The molecule has 0 amide bonds. The van der Waals surface area contributed by atoms with Gasteiger partial charge in [0, 0.05) is 9.79 Å². The zero-order valence-corrected chi connectivity index (χ0v) is 12.1. The Labute approximate surface area is 129 Å². The van der Waals surface area contributed by atoms with E-state index in [1.165, 1.54) is 36.0 Å². The summed E-state index contributed by atoms with van der Waals surface area (Å²) in [5, 5.41) is 0. The average Bonchev–Trinajstić information content (AvgIpc) is 2.45. The van der Waals surface area contributed by atoms with E-state index in [9.17, 15) is 17.6 Å². The molecule has 3 rings (SSSR count). The highest BCUT2D eigenvalue weighted by Crippen LogP contribution is 2.47. The van der Waals surface area contributed by atoms with E-state index in [-0.39, 0.29) is 5.82 Å². The van der Waals surface area contributed by atoms with Crippen LogP contribution in [0, 0.1) is 5.82 Å². The van der Waals surface area contributed by atoms with Crippen LogP contribution in [0.25, 0.3) is 5.57 Å². The monoisotopic (exact) mass is 322 g/mol. The van der Waals surface area contributed by atoms with E-state index in [1.807, 2.05) is 0 Å². The summed E-state index contributed by atoms with van der Waals surface area (Å²) in [6.45, 7) is 3.61. The number of fused-ring (bicyclic) bond motifs is 2. The molecule has 0 saturated heterocycles. The van der Waals surface area contributed by atoms with Gasteiger partial charge in [-0.15, -0.1) is 0 Å². The van der Waals surface area contributed by atoms with Crippen molar-refractivity contribution in [2.45, 2.75) is 16.0 Å². The van der Waals surface area contributed by atoms with Gasteiger partial charge in [-0.25, -0.2) is 4.39 Å². The number of hydrogen-bond acceptors (Lipinski definition) is 1. The van der Waals surface area contributed by atoms with Gasteiger partial charge in [0.25, 0.3) is 0 Å². The number of allylic oxidation sites excluding steroid dienone is 2. The largest absolute Gasteiger partial charge is 0.416 e. The number of rotatable bonds is 1. The summed E-state index contributed by atoms with van der Waals surface area (Å²) >= 11 is 1.26. The topological polar surface area (TPSA) is 0 Å². The van der Waals surface area contributed by atoms with Gasteiger partial charge in [0.05, 0.1) is 5.56 Å². The molecule has 0 N–H and O–H groups in total. The van der Waals surface area contributed by atoms with Gasteiger partial charge in [-0.05, 0) is 47.0 Å². The molecule has 5 heteroatoms. The van der Waals surface area contributed by atoms with Gasteiger partial charge in [-0.3, -0.25) is 0 Å². The summed E-state index contributed by atoms with van der Waals surface area (Å²) in [5.74, 6) is -0.375. The quantitative estimate of drug-likeness (QED) is 0.501. The summed E-state index contributed by atoms with van der Waals surface area (Å²) < 4.78 is 52.2. The SMILES string of the molecule is C=C/C=C1/c2ccc(F)cc2Sc2ccc(C(F)(F)F)cc21. The maximum absolute atomic E-state index is 13.4. The van der Waals surface area contributed by atoms with Crippen LogP contribution in [0.4, 0.5) is 17.6 Å².